The molecular formula is C24H36N2OS. The smallest absolute Gasteiger partial charge is 0.161 e. The van der Waals surface area contributed by atoms with Crippen molar-refractivity contribution in [2.24, 2.45) is 11.8 Å². The van der Waals surface area contributed by atoms with Crippen molar-refractivity contribution in [2.75, 3.05) is 5.32 Å². The van der Waals surface area contributed by atoms with Crippen LogP contribution in [0.5, 0.6) is 0 Å². The third kappa shape index (κ3) is 5.91. The first-order valence-electron chi connectivity index (χ1n) is 10.8. The normalized spacial score (nSPS) is 21.6. The predicted octanol–water partition coefficient (Wildman–Crippen LogP) is 7.26. The Balaban J connectivity index is 0.000000300. The van der Waals surface area contributed by atoms with Crippen molar-refractivity contribution in [1.82, 2.24) is 4.98 Å². The fourth-order valence-electron chi connectivity index (χ4n) is 4.06. The molecule has 2 heterocycles. The fourth-order valence-corrected chi connectivity index (χ4v) is 4.99. The summed E-state index contributed by atoms with van der Waals surface area (Å²) in [5.74, 6) is 2.75. The zero-order valence-electron chi connectivity index (χ0n) is 18.1. The molecule has 154 valence electrons. The first-order chi connectivity index (χ1) is 13.5. The van der Waals surface area contributed by atoms with Crippen molar-refractivity contribution in [3.05, 3.63) is 46.0 Å². The van der Waals surface area contributed by atoms with Gasteiger partial charge < -0.3 is 5.32 Å². The lowest BCUT2D eigenvalue weighted by atomic mass is 9.75. The van der Waals surface area contributed by atoms with Crippen LogP contribution in [0.4, 0.5) is 5.82 Å². The van der Waals surface area contributed by atoms with Crippen LogP contribution in [0.2, 0.25) is 0 Å². The summed E-state index contributed by atoms with van der Waals surface area (Å²) < 4.78 is 0. The van der Waals surface area contributed by atoms with Gasteiger partial charge in [0.05, 0.1) is 10.4 Å². The first kappa shape index (κ1) is 22.6. The summed E-state index contributed by atoms with van der Waals surface area (Å²) in [4.78, 5) is 18.3. The molecule has 28 heavy (non-hydrogen) atoms. The predicted molar refractivity (Wildman–Crippen MR) is 122 cm³/mol. The lowest BCUT2D eigenvalue weighted by Crippen LogP contribution is -2.29. The van der Waals surface area contributed by atoms with Crippen molar-refractivity contribution < 1.29 is 4.79 Å². The molecule has 0 saturated carbocycles. The van der Waals surface area contributed by atoms with Gasteiger partial charge in [-0.15, -0.1) is 11.3 Å². The monoisotopic (exact) mass is 400 g/mol. The van der Waals surface area contributed by atoms with Crippen molar-refractivity contribution in [3.63, 3.8) is 0 Å². The lowest BCUT2D eigenvalue weighted by molar-refractivity contribution is -0.117. The second-order valence-corrected chi connectivity index (χ2v) is 8.93. The Morgan fingerprint density at radius 3 is 2.43 bits per heavy atom. The minimum absolute atomic E-state index is 0.265. The second-order valence-electron chi connectivity index (χ2n) is 8.04. The molecule has 3 nitrogen and oxygen atoms in total. The highest BCUT2D eigenvalue weighted by Gasteiger charge is 2.37. The van der Waals surface area contributed by atoms with Gasteiger partial charge in [0.1, 0.15) is 5.82 Å². The number of hydrogen-bond acceptors (Lipinski definition) is 4. The molecule has 0 fully saturated rings. The van der Waals surface area contributed by atoms with Gasteiger partial charge >= 0.3 is 0 Å². The molecule has 2 unspecified atom stereocenters. The van der Waals surface area contributed by atoms with E-state index < -0.39 is 0 Å². The topological polar surface area (TPSA) is 42.0 Å². The largest absolute Gasteiger partial charge is 0.342 e. The van der Waals surface area contributed by atoms with Crippen LogP contribution in [-0.4, -0.2) is 10.8 Å². The van der Waals surface area contributed by atoms with Crippen molar-refractivity contribution >= 4 is 22.9 Å². The van der Waals surface area contributed by atoms with E-state index >= 15 is 0 Å². The van der Waals surface area contributed by atoms with Crippen molar-refractivity contribution in [1.29, 1.82) is 0 Å². The van der Waals surface area contributed by atoms with Crippen LogP contribution in [0.15, 0.2) is 41.1 Å². The number of rotatable bonds is 6. The number of Topliss-reactive ketones (excluding diaryl/α,β-unsaturated/α-hetero) is 1. The minimum atomic E-state index is 0.265. The molecule has 0 saturated heterocycles. The van der Waals surface area contributed by atoms with Gasteiger partial charge in [0.25, 0.3) is 0 Å². The maximum atomic E-state index is 12.6. The number of ketones is 1. The Morgan fingerprint density at radius 1 is 1.18 bits per heavy atom. The van der Waals surface area contributed by atoms with E-state index in [0.29, 0.717) is 17.6 Å². The first-order valence-corrected chi connectivity index (χ1v) is 11.7. The summed E-state index contributed by atoms with van der Waals surface area (Å²) in [6.45, 7) is 10.9. The molecule has 0 bridgehead atoms. The summed E-state index contributed by atoms with van der Waals surface area (Å²) in [6, 6.07) is 0. The lowest BCUT2D eigenvalue weighted by Gasteiger charge is -2.34. The molecule has 0 aromatic carbocycles. The quantitative estimate of drug-likeness (QED) is 0.511. The van der Waals surface area contributed by atoms with Crippen LogP contribution in [0.3, 0.4) is 0 Å². The maximum absolute atomic E-state index is 12.6. The molecule has 1 aromatic heterocycles. The molecule has 4 heteroatoms. The SMILES string of the molecule is CC/C=C\C=C/CC.CCC1C2=C(CC(CC(C)C)CC2=O)Nc2ncsc21. The summed E-state index contributed by atoms with van der Waals surface area (Å²) in [5.41, 5.74) is 4.08. The van der Waals surface area contributed by atoms with Crippen molar-refractivity contribution in [3.8, 4) is 0 Å². The van der Waals surface area contributed by atoms with E-state index in [-0.39, 0.29) is 5.92 Å². The minimum Gasteiger partial charge on any atom is -0.342 e. The highest BCUT2D eigenvalue weighted by Crippen LogP contribution is 2.46. The summed E-state index contributed by atoms with van der Waals surface area (Å²) in [6.07, 6.45) is 14.6. The Morgan fingerprint density at radius 2 is 1.86 bits per heavy atom. The zero-order valence-corrected chi connectivity index (χ0v) is 18.9. The highest BCUT2D eigenvalue weighted by atomic mass is 32.1. The van der Waals surface area contributed by atoms with Gasteiger partial charge in [-0.25, -0.2) is 4.98 Å². The van der Waals surface area contributed by atoms with Crippen molar-refractivity contribution in [2.45, 2.75) is 79.1 Å². The Kier molecular flexibility index (Phi) is 9.17. The van der Waals surface area contributed by atoms with Gasteiger partial charge in [-0.2, -0.15) is 0 Å². The summed E-state index contributed by atoms with van der Waals surface area (Å²) in [7, 11) is 0. The van der Waals surface area contributed by atoms with Crippen LogP contribution in [-0.2, 0) is 4.79 Å². The highest BCUT2D eigenvalue weighted by molar-refractivity contribution is 7.10. The molecule has 0 radical (unpaired) electrons. The number of carbonyl (C=O) groups excluding carboxylic acids is 1. The molecular weight excluding hydrogens is 364 g/mol. The number of carbonyl (C=O) groups is 1. The van der Waals surface area contributed by atoms with Crippen LogP contribution < -0.4 is 5.32 Å². The molecule has 1 aliphatic heterocycles. The number of nitrogens with one attached hydrogen (secondary N) is 1. The van der Waals surface area contributed by atoms with Gasteiger partial charge in [0.2, 0.25) is 0 Å². The van der Waals surface area contributed by atoms with Gasteiger partial charge in [0.15, 0.2) is 5.78 Å². The molecule has 1 N–H and O–H groups in total. The molecule has 1 aromatic rings. The Hall–Kier alpha value is -1.68. The van der Waals surface area contributed by atoms with Crippen LogP contribution >= 0.6 is 11.3 Å². The standard InChI is InChI=1S/C16H22N2OS.C8H14/c1-4-11-14-12(18-16-15(11)20-8-17-16)6-10(5-9(2)3)7-13(14)19;1-3-5-7-8-6-4-2/h8-11,18H,4-7H2,1-3H3;5-8H,3-4H2,1-2H3/b;7-5-,8-6-. The number of anilines is 1. The molecule has 3 rings (SSSR count). The maximum Gasteiger partial charge on any atom is 0.161 e. The van der Waals surface area contributed by atoms with Crippen LogP contribution in [0, 0.1) is 11.8 Å². The average molecular weight is 401 g/mol. The number of thiazole rings is 1. The fraction of sp³-hybridized carbons (Fsp3) is 0.583. The van der Waals surface area contributed by atoms with E-state index in [0.717, 1.165) is 55.6 Å². The second kappa shape index (κ2) is 11.4. The number of fused-ring (bicyclic) bond motifs is 1. The summed E-state index contributed by atoms with van der Waals surface area (Å²) in [5, 5.41) is 3.43. The van der Waals surface area contributed by atoms with E-state index in [1.54, 1.807) is 11.3 Å². The molecule has 1 aliphatic carbocycles. The molecule has 0 spiro atoms. The third-order valence-electron chi connectivity index (χ3n) is 5.19. The number of allylic oxidation sites excluding steroid dienone is 6. The average Bonchev–Trinajstić information content (AvgIpc) is 3.11. The van der Waals surface area contributed by atoms with Crippen LogP contribution in [0.25, 0.3) is 0 Å². The Bertz CT molecular complexity index is 715. The van der Waals surface area contributed by atoms with E-state index in [1.165, 1.54) is 4.88 Å². The van der Waals surface area contributed by atoms with E-state index in [1.807, 2.05) is 5.51 Å². The Labute approximate surface area is 175 Å². The third-order valence-corrected chi connectivity index (χ3v) is 6.13. The van der Waals surface area contributed by atoms with Gasteiger partial charge in [-0.1, -0.05) is 58.9 Å². The van der Waals surface area contributed by atoms with Gasteiger partial charge in [0, 0.05) is 23.6 Å². The molecule has 0 amide bonds. The summed E-state index contributed by atoms with van der Waals surface area (Å²) >= 11 is 1.67. The number of hydrogen-bond donors (Lipinski definition) is 1. The zero-order chi connectivity index (χ0) is 20.5. The molecule has 2 atom stereocenters. The van der Waals surface area contributed by atoms with Gasteiger partial charge in [-0.3, -0.25) is 4.79 Å². The van der Waals surface area contributed by atoms with E-state index in [2.05, 4.69) is 69.2 Å². The number of nitrogens with zero attached hydrogens (tertiary/aromatic N) is 1. The van der Waals surface area contributed by atoms with Gasteiger partial charge in [-0.05, 0) is 43.9 Å². The van der Waals surface area contributed by atoms with E-state index in [4.69, 9.17) is 0 Å². The molecule has 2 aliphatic rings. The number of aromatic nitrogens is 1. The van der Waals surface area contributed by atoms with E-state index in [9.17, 15) is 4.79 Å². The van der Waals surface area contributed by atoms with Crippen LogP contribution in [0.1, 0.15) is 83.9 Å².